The highest BCUT2D eigenvalue weighted by molar-refractivity contribution is 5.91. The standard InChI is InChI=1S/C28H22F6N4O3/c1-16(17-8-3-2-4-9-17)38(26(40)36-19-11-5-6-13-22(19)41-28(32,33)34)21-14-15-37-24(21)35-20-12-7-10-18(27(29,30)31)23(20)25(37)39/h2-13,16,21H,14-15H2,1H3,(H,36,40)/t16-,21+/m0/s1. The normalized spacial score (nSPS) is 15.8. The number of halogens is 6. The minimum absolute atomic E-state index is 0.0208. The van der Waals surface area contributed by atoms with Gasteiger partial charge in [0.25, 0.3) is 5.56 Å². The van der Waals surface area contributed by atoms with E-state index in [0.717, 1.165) is 22.8 Å². The number of para-hydroxylation sites is 2. The van der Waals surface area contributed by atoms with Crippen molar-refractivity contribution in [3.05, 3.63) is 100 Å². The van der Waals surface area contributed by atoms with Gasteiger partial charge in [-0.1, -0.05) is 48.5 Å². The maximum absolute atomic E-state index is 13.8. The monoisotopic (exact) mass is 576 g/mol. The molecule has 2 atom stereocenters. The topological polar surface area (TPSA) is 76.5 Å². The zero-order chi connectivity index (χ0) is 29.5. The summed E-state index contributed by atoms with van der Waals surface area (Å²) in [5.74, 6) is -0.563. The molecule has 41 heavy (non-hydrogen) atoms. The van der Waals surface area contributed by atoms with Crippen LogP contribution in [0.4, 0.5) is 36.8 Å². The Morgan fingerprint density at radius 3 is 2.37 bits per heavy atom. The van der Waals surface area contributed by atoms with Gasteiger partial charge >= 0.3 is 18.6 Å². The first-order valence-electron chi connectivity index (χ1n) is 12.4. The van der Waals surface area contributed by atoms with Crippen LogP contribution in [0.5, 0.6) is 5.75 Å². The molecule has 0 aliphatic carbocycles. The summed E-state index contributed by atoms with van der Waals surface area (Å²) in [6, 6.07) is 14.6. The van der Waals surface area contributed by atoms with Gasteiger partial charge < -0.3 is 15.0 Å². The molecule has 1 aromatic heterocycles. The molecule has 0 fully saturated rings. The number of carbonyl (C=O) groups is 1. The Kier molecular flexibility index (Phi) is 7.14. The predicted molar refractivity (Wildman–Crippen MR) is 137 cm³/mol. The number of fused-ring (bicyclic) bond motifs is 2. The largest absolute Gasteiger partial charge is 0.573 e. The van der Waals surface area contributed by atoms with Crippen LogP contribution < -0.4 is 15.6 Å². The third kappa shape index (κ3) is 5.56. The molecule has 4 aromatic rings. The number of carbonyl (C=O) groups excluding carboxylic acids is 1. The molecule has 13 heteroatoms. The summed E-state index contributed by atoms with van der Waals surface area (Å²) in [6.07, 6.45) is -9.67. The summed E-state index contributed by atoms with van der Waals surface area (Å²) < 4.78 is 85.2. The van der Waals surface area contributed by atoms with Crippen molar-refractivity contribution in [2.24, 2.45) is 0 Å². The zero-order valence-corrected chi connectivity index (χ0v) is 21.3. The number of ether oxygens (including phenoxy) is 1. The van der Waals surface area contributed by atoms with Gasteiger partial charge in [0, 0.05) is 6.54 Å². The molecule has 2 amide bonds. The van der Waals surface area contributed by atoms with Gasteiger partial charge in [0.2, 0.25) is 0 Å². The van der Waals surface area contributed by atoms with Crippen molar-refractivity contribution in [1.29, 1.82) is 0 Å². The summed E-state index contributed by atoms with van der Waals surface area (Å²) in [5, 5.41) is 1.90. The van der Waals surface area contributed by atoms with Gasteiger partial charge in [-0.3, -0.25) is 9.36 Å². The molecule has 0 spiro atoms. The smallest absolute Gasteiger partial charge is 0.404 e. The third-order valence-electron chi connectivity index (χ3n) is 6.87. The first-order chi connectivity index (χ1) is 19.3. The predicted octanol–water partition coefficient (Wildman–Crippen LogP) is 7.05. The number of amides is 2. The van der Waals surface area contributed by atoms with Crippen molar-refractivity contribution < 1.29 is 35.9 Å². The summed E-state index contributed by atoms with van der Waals surface area (Å²) in [5.41, 5.74) is -1.77. The molecule has 1 aliphatic heterocycles. The number of alkyl halides is 6. The second-order valence-corrected chi connectivity index (χ2v) is 9.40. The second-order valence-electron chi connectivity index (χ2n) is 9.40. The van der Waals surface area contributed by atoms with Crippen LogP contribution in [0.3, 0.4) is 0 Å². The molecule has 5 rings (SSSR count). The molecule has 7 nitrogen and oxygen atoms in total. The third-order valence-corrected chi connectivity index (χ3v) is 6.87. The molecule has 0 saturated heterocycles. The summed E-state index contributed by atoms with van der Waals surface area (Å²) in [4.78, 5) is 32.8. The fourth-order valence-corrected chi connectivity index (χ4v) is 5.07. The van der Waals surface area contributed by atoms with Gasteiger partial charge in [-0.15, -0.1) is 13.2 Å². The number of rotatable bonds is 5. The van der Waals surface area contributed by atoms with E-state index < -0.39 is 52.9 Å². The molecule has 1 N–H and O–H groups in total. The molecule has 0 bridgehead atoms. The summed E-state index contributed by atoms with van der Waals surface area (Å²) in [7, 11) is 0. The first kappa shape index (κ1) is 28.0. The average molecular weight is 576 g/mol. The lowest BCUT2D eigenvalue weighted by Crippen LogP contribution is -2.40. The molecular formula is C28H22F6N4O3. The molecule has 0 unspecified atom stereocenters. The first-order valence-corrected chi connectivity index (χ1v) is 12.4. The fraction of sp³-hybridized carbons (Fsp3) is 0.250. The number of aromatic nitrogens is 2. The Labute approximate surface area is 229 Å². The van der Waals surface area contributed by atoms with Gasteiger partial charge in [0.1, 0.15) is 5.82 Å². The second kappa shape index (κ2) is 10.5. The lowest BCUT2D eigenvalue weighted by Gasteiger charge is -2.34. The van der Waals surface area contributed by atoms with Crippen molar-refractivity contribution in [3.63, 3.8) is 0 Å². The molecule has 3 aromatic carbocycles. The van der Waals surface area contributed by atoms with Crippen LogP contribution in [-0.2, 0) is 12.7 Å². The summed E-state index contributed by atoms with van der Waals surface area (Å²) in [6.45, 7) is 1.67. The maximum atomic E-state index is 13.8. The zero-order valence-electron chi connectivity index (χ0n) is 21.3. The Bertz CT molecular complexity index is 1650. The van der Waals surface area contributed by atoms with Crippen LogP contribution in [0.2, 0.25) is 0 Å². The van der Waals surface area contributed by atoms with Crippen molar-refractivity contribution in [3.8, 4) is 5.75 Å². The van der Waals surface area contributed by atoms with Gasteiger partial charge in [-0.05, 0) is 43.2 Å². The molecule has 0 radical (unpaired) electrons. The van der Waals surface area contributed by atoms with Crippen LogP contribution in [0.1, 0.15) is 42.4 Å². The Morgan fingerprint density at radius 1 is 1.00 bits per heavy atom. The van der Waals surface area contributed by atoms with E-state index in [-0.39, 0.29) is 30.0 Å². The number of nitrogens with zero attached hydrogens (tertiary/aromatic N) is 3. The van der Waals surface area contributed by atoms with Gasteiger partial charge in [-0.25, -0.2) is 9.78 Å². The van der Waals surface area contributed by atoms with Crippen molar-refractivity contribution in [2.45, 2.75) is 44.5 Å². The number of hydrogen-bond acceptors (Lipinski definition) is 4. The number of anilines is 1. The Hall–Kier alpha value is -4.55. The Balaban J connectivity index is 1.60. The SMILES string of the molecule is C[C@@H](c1ccccc1)N(C(=O)Nc1ccccc1OC(F)(F)F)[C@@H]1CCn2c1nc1cccc(C(F)(F)F)c1c2=O. The highest BCUT2D eigenvalue weighted by atomic mass is 19.4. The minimum atomic E-state index is -5.01. The van der Waals surface area contributed by atoms with E-state index in [1.165, 1.54) is 29.2 Å². The van der Waals surface area contributed by atoms with Crippen molar-refractivity contribution in [2.75, 3.05) is 5.32 Å². The molecule has 0 saturated carbocycles. The van der Waals surface area contributed by atoms with Crippen LogP contribution in [0, 0.1) is 0 Å². The van der Waals surface area contributed by atoms with E-state index in [0.29, 0.717) is 5.56 Å². The average Bonchev–Trinajstić information content (AvgIpc) is 3.32. The molecule has 2 heterocycles. The molecular weight excluding hydrogens is 554 g/mol. The van der Waals surface area contributed by atoms with E-state index >= 15 is 0 Å². The number of benzene rings is 3. The lowest BCUT2D eigenvalue weighted by molar-refractivity contribution is -0.274. The van der Waals surface area contributed by atoms with Crippen molar-refractivity contribution >= 4 is 22.6 Å². The van der Waals surface area contributed by atoms with Crippen molar-refractivity contribution in [1.82, 2.24) is 14.5 Å². The number of hydrogen-bond donors (Lipinski definition) is 1. The van der Waals surface area contributed by atoms with E-state index in [1.807, 2.05) is 0 Å². The van der Waals surface area contributed by atoms with Gasteiger partial charge in [0.05, 0.1) is 34.2 Å². The quantitative estimate of drug-likeness (QED) is 0.258. The number of urea groups is 1. The Morgan fingerprint density at radius 2 is 1.68 bits per heavy atom. The van der Waals surface area contributed by atoms with E-state index in [2.05, 4.69) is 15.0 Å². The van der Waals surface area contributed by atoms with Gasteiger partial charge in [-0.2, -0.15) is 13.2 Å². The van der Waals surface area contributed by atoms with Gasteiger partial charge in [0.15, 0.2) is 5.75 Å². The van der Waals surface area contributed by atoms with E-state index in [9.17, 15) is 35.9 Å². The minimum Gasteiger partial charge on any atom is -0.404 e. The molecule has 1 aliphatic rings. The highest BCUT2D eigenvalue weighted by Crippen LogP contribution is 2.39. The van der Waals surface area contributed by atoms with Crippen LogP contribution in [0.15, 0.2) is 77.6 Å². The van der Waals surface area contributed by atoms with E-state index in [4.69, 9.17) is 0 Å². The maximum Gasteiger partial charge on any atom is 0.573 e. The van der Waals surface area contributed by atoms with Crippen LogP contribution >= 0.6 is 0 Å². The van der Waals surface area contributed by atoms with Crippen LogP contribution in [-0.4, -0.2) is 26.8 Å². The number of nitrogens with one attached hydrogen (secondary N) is 1. The summed E-state index contributed by atoms with van der Waals surface area (Å²) >= 11 is 0. The molecule has 214 valence electrons. The van der Waals surface area contributed by atoms with Crippen LogP contribution in [0.25, 0.3) is 10.9 Å². The fourth-order valence-electron chi connectivity index (χ4n) is 5.07. The highest BCUT2D eigenvalue weighted by Gasteiger charge is 2.40. The lowest BCUT2D eigenvalue weighted by atomic mass is 10.0. The van der Waals surface area contributed by atoms with E-state index in [1.54, 1.807) is 37.3 Å².